The zero-order chi connectivity index (χ0) is 19.2. The van der Waals surface area contributed by atoms with Crippen LogP contribution in [0.25, 0.3) is 10.2 Å². The highest BCUT2D eigenvalue weighted by Gasteiger charge is 2.11. The van der Waals surface area contributed by atoms with Gasteiger partial charge in [-0.25, -0.2) is 4.39 Å². The maximum Gasteiger partial charge on any atom is 0.279 e. The highest BCUT2D eigenvalue weighted by atomic mass is 32.1. The summed E-state index contributed by atoms with van der Waals surface area (Å²) in [6.07, 6.45) is 0. The van der Waals surface area contributed by atoms with Crippen molar-refractivity contribution in [2.24, 2.45) is 4.99 Å². The van der Waals surface area contributed by atoms with E-state index in [0.29, 0.717) is 31.2 Å². The molecule has 27 heavy (non-hydrogen) atoms. The molecule has 0 N–H and O–H groups in total. The maximum absolute atomic E-state index is 13.4. The van der Waals surface area contributed by atoms with Crippen molar-refractivity contribution in [3.63, 3.8) is 0 Å². The molecule has 0 radical (unpaired) electrons. The van der Waals surface area contributed by atoms with Crippen LogP contribution in [0.4, 0.5) is 4.39 Å². The largest absolute Gasteiger partial charge is 0.494 e. The summed E-state index contributed by atoms with van der Waals surface area (Å²) in [5.74, 6) is -0.166. The number of halogens is 1. The molecule has 0 fully saturated rings. The van der Waals surface area contributed by atoms with Crippen LogP contribution >= 0.6 is 11.3 Å². The fourth-order valence-corrected chi connectivity index (χ4v) is 3.77. The topological polar surface area (TPSA) is 52.8 Å². The minimum Gasteiger partial charge on any atom is -0.494 e. The van der Waals surface area contributed by atoms with Crippen LogP contribution in [0.1, 0.15) is 24.2 Å². The van der Waals surface area contributed by atoms with Crippen molar-refractivity contribution in [3.8, 4) is 5.75 Å². The molecule has 0 unspecified atom stereocenters. The van der Waals surface area contributed by atoms with Crippen LogP contribution in [0, 0.1) is 5.82 Å². The zero-order valence-corrected chi connectivity index (χ0v) is 16.1. The van der Waals surface area contributed by atoms with Gasteiger partial charge in [0.1, 0.15) is 11.6 Å². The minimum atomic E-state index is -0.476. The number of carbonyl (C=O) groups is 1. The van der Waals surface area contributed by atoms with Gasteiger partial charge >= 0.3 is 0 Å². The first-order chi connectivity index (χ1) is 13.1. The fraction of sp³-hybridized carbons (Fsp3) is 0.300. The van der Waals surface area contributed by atoms with Gasteiger partial charge in [-0.3, -0.25) is 4.79 Å². The molecule has 3 aromatic rings. The molecule has 7 heteroatoms. The van der Waals surface area contributed by atoms with E-state index in [-0.39, 0.29) is 5.56 Å². The van der Waals surface area contributed by atoms with Crippen LogP contribution in [-0.4, -0.2) is 30.3 Å². The SMILES string of the molecule is CCOCCn1c(=NC(=O)c2cccc(F)c2)sc2cc(OCC)ccc21. The van der Waals surface area contributed by atoms with Crippen molar-refractivity contribution in [3.05, 3.63) is 58.6 Å². The first-order valence-corrected chi connectivity index (χ1v) is 9.62. The van der Waals surface area contributed by atoms with Crippen LogP contribution in [0.5, 0.6) is 5.75 Å². The number of thiazole rings is 1. The molecule has 0 bridgehead atoms. The third-order valence-corrected chi connectivity index (χ3v) is 4.94. The Balaban J connectivity index is 2.05. The molecule has 0 saturated heterocycles. The summed E-state index contributed by atoms with van der Waals surface area (Å²) in [5.41, 5.74) is 1.17. The highest BCUT2D eigenvalue weighted by Crippen LogP contribution is 2.23. The smallest absolute Gasteiger partial charge is 0.279 e. The van der Waals surface area contributed by atoms with Gasteiger partial charge in [0, 0.05) is 18.7 Å². The Labute approximate surface area is 160 Å². The summed E-state index contributed by atoms with van der Waals surface area (Å²) in [7, 11) is 0. The quantitative estimate of drug-likeness (QED) is 0.575. The molecule has 0 saturated carbocycles. The number of ether oxygens (including phenoxy) is 2. The molecule has 0 aliphatic carbocycles. The van der Waals surface area contributed by atoms with E-state index in [9.17, 15) is 9.18 Å². The van der Waals surface area contributed by atoms with E-state index in [1.807, 2.05) is 36.6 Å². The van der Waals surface area contributed by atoms with E-state index in [2.05, 4.69) is 4.99 Å². The third-order valence-electron chi connectivity index (χ3n) is 3.90. The maximum atomic E-state index is 13.4. The Morgan fingerprint density at radius 2 is 2.04 bits per heavy atom. The van der Waals surface area contributed by atoms with E-state index in [0.717, 1.165) is 16.0 Å². The van der Waals surface area contributed by atoms with E-state index in [1.165, 1.54) is 29.5 Å². The number of nitrogens with zero attached hydrogens (tertiary/aromatic N) is 2. The number of carbonyl (C=O) groups excluding carboxylic acids is 1. The summed E-state index contributed by atoms with van der Waals surface area (Å²) in [6.45, 7) is 6.14. The normalized spacial score (nSPS) is 11.9. The predicted octanol–water partition coefficient (Wildman–Crippen LogP) is 4.02. The van der Waals surface area contributed by atoms with E-state index in [1.54, 1.807) is 6.07 Å². The molecule has 2 aromatic carbocycles. The summed E-state index contributed by atoms with van der Waals surface area (Å²) >= 11 is 1.40. The highest BCUT2D eigenvalue weighted by molar-refractivity contribution is 7.16. The molecule has 3 rings (SSSR count). The average Bonchev–Trinajstić information content (AvgIpc) is 2.99. The Bertz CT molecular complexity index is 1010. The number of fused-ring (bicyclic) bond motifs is 1. The summed E-state index contributed by atoms with van der Waals surface area (Å²) in [5, 5.41) is 0. The van der Waals surface area contributed by atoms with Crippen molar-refractivity contribution in [2.45, 2.75) is 20.4 Å². The Hall–Kier alpha value is -2.51. The lowest BCUT2D eigenvalue weighted by Crippen LogP contribution is -2.19. The van der Waals surface area contributed by atoms with Gasteiger partial charge in [-0.2, -0.15) is 4.99 Å². The Morgan fingerprint density at radius 1 is 1.19 bits per heavy atom. The number of amides is 1. The summed E-state index contributed by atoms with van der Waals surface area (Å²) in [4.78, 5) is 17.3. The monoisotopic (exact) mass is 388 g/mol. The molecule has 0 spiro atoms. The molecule has 1 heterocycles. The van der Waals surface area contributed by atoms with Crippen LogP contribution in [0.3, 0.4) is 0 Å². The standard InChI is InChI=1S/C20H21FN2O3S/c1-3-25-11-10-23-17-9-8-16(26-4-2)13-18(17)27-20(23)22-19(24)14-6-5-7-15(21)12-14/h5-9,12-13H,3-4,10-11H2,1-2H3. The molecule has 5 nitrogen and oxygen atoms in total. The van der Waals surface area contributed by atoms with Crippen LogP contribution in [0.2, 0.25) is 0 Å². The molecule has 0 aliphatic heterocycles. The lowest BCUT2D eigenvalue weighted by molar-refractivity contribution is 0.0996. The molecular formula is C20H21FN2O3S. The van der Waals surface area contributed by atoms with E-state index >= 15 is 0 Å². The Morgan fingerprint density at radius 3 is 2.78 bits per heavy atom. The molecule has 0 atom stereocenters. The van der Waals surface area contributed by atoms with Gasteiger partial charge in [0.25, 0.3) is 5.91 Å². The first kappa shape index (κ1) is 19.3. The Kier molecular flexibility index (Phi) is 6.36. The van der Waals surface area contributed by atoms with Gasteiger partial charge in [0.05, 0.1) is 23.4 Å². The van der Waals surface area contributed by atoms with Crippen LogP contribution in [-0.2, 0) is 11.3 Å². The second-order valence-corrected chi connectivity index (χ2v) is 6.73. The second kappa shape index (κ2) is 8.92. The molecule has 142 valence electrons. The van der Waals surface area contributed by atoms with Gasteiger partial charge < -0.3 is 14.0 Å². The number of rotatable bonds is 7. The summed E-state index contributed by atoms with van der Waals surface area (Å²) < 4.78 is 27.3. The minimum absolute atomic E-state index is 0.221. The number of aromatic nitrogens is 1. The molecular weight excluding hydrogens is 367 g/mol. The van der Waals surface area contributed by atoms with Crippen molar-refractivity contribution >= 4 is 27.5 Å². The van der Waals surface area contributed by atoms with Gasteiger partial charge in [0.2, 0.25) is 0 Å². The van der Waals surface area contributed by atoms with Crippen molar-refractivity contribution in [1.29, 1.82) is 0 Å². The third kappa shape index (κ3) is 4.61. The van der Waals surface area contributed by atoms with Gasteiger partial charge in [-0.15, -0.1) is 0 Å². The zero-order valence-electron chi connectivity index (χ0n) is 15.3. The fourth-order valence-electron chi connectivity index (χ4n) is 2.68. The number of hydrogen-bond acceptors (Lipinski definition) is 4. The van der Waals surface area contributed by atoms with Crippen molar-refractivity contribution in [2.75, 3.05) is 19.8 Å². The molecule has 1 amide bonds. The lowest BCUT2D eigenvalue weighted by Gasteiger charge is -2.06. The molecule has 0 aliphatic rings. The van der Waals surface area contributed by atoms with Gasteiger partial charge in [-0.05, 0) is 50.2 Å². The average molecular weight is 388 g/mol. The van der Waals surface area contributed by atoms with Gasteiger partial charge in [-0.1, -0.05) is 17.4 Å². The van der Waals surface area contributed by atoms with Crippen molar-refractivity contribution in [1.82, 2.24) is 4.57 Å². The van der Waals surface area contributed by atoms with Crippen LogP contribution in [0.15, 0.2) is 47.5 Å². The number of benzene rings is 2. The van der Waals surface area contributed by atoms with E-state index in [4.69, 9.17) is 9.47 Å². The second-order valence-electron chi connectivity index (χ2n) is 5.72. The predicted molar refractivity (Wildman–Crippen MR) is 104 cm³/mol. The van der Waals surface area contributed by atoms with Gasteiger partial charge in [0.15, 0.2) is 4.80 Å². The van der Waals surface area contributed by atoms with Crippen molar-refractivity contribution < 1.29 is 18.7 Å². The molecule has 1 aromatic heterocycles. The van der Waals surface area contributed by atoms with E-state index < -0.39 is 11.7 Å². The first-order valence-electron chi connectivity index (χ1n) is 8.81. The lowest BCUT2D eigenvalue weighted by atomic mass is 10.2. The number of hydrogen-bond donors (Lipinski definition) is 0. The van der Waals surface area contributed by atoms with Crippen LogP contribution < -0.4 is 9.54 Å². The summed E-state index contributed by atoms with van der Waals surface area (Å²) in [6, 6.07) is 11.3.